The molecule has 1 N–H and O–H groups in total. The second-order valence-electron chi connectivity index (χ2n) is 4.05. The van der Waals surface area contributed by atoms with Gasteiger partial charge in [0, 0.05) is 12.5 Å². The SMILES string of the molecule is CCCn1nncc1C1CCC(O)C1. The molecule has 0 saturated heterocycles. The summed E-state index contributed by atoms with van der Waals surface area (Å²) in [7, 11) is 0. The predicted octanol–water partition coefficient (Wildman–Crippen LogP) is 1.32. The molecular formula is C10H17N3O. The number of aliphatic hydroxyl groups excluding tert-OH is 1. The van der Waals surface area contributed by atoms with Crippen molar-refractivity contribution in [1.29, 1.82) is 0 Å². The predicted molar refractivity (Wildman–Crippen MR) is 52.9 cm³/mol. The number of nitrogens with zero attached hydrogens (tertiary/aromatic N) is 3. The van der Waals surface area contributed by atoms with Crippen molar-refractivity contribution < 1.29 is 5.11 Å². The Balaban J connectivity index is 2.11. The van der Waals surface area contributed by atoms with Gasteiger partial charge in [-0.3, -0.25) is 0 Å². The molecule has 1 aromatic rings. The second kappa shape index (κ2) is 4.09. The Kier molecular flexibility index (Phi) is 2.82. The maximum absolute atomic E-state index is 9.47. The molecule has 2 rings (SSSR count). The summed E-state index contributed by atoms with van der Waals surface area (Å²) in [5.74, 6) is 0.464. The van der Waals surface area contributed by atoms with Crippen LogP contribution in [0.4, 0.5) is 0 Å². The van der Waals surface area contributed by atoms with E-state index in [2.05, 4.69) is 17.2 Å². The lowest BCUT2D eigenvalue weighted by atomic mass is 10.0. The van der Waals surface area contributed by atoms with Gasteiger partial charge in [0.05, 0.1) is 18.0 Å². The molecule has 1 aromatic heterocycles. The van der Waals surface area contributed by atoms with E-state index < -0.39 is 0 Å². The topological polar surface area (TPSA) is 50.9 Å². The van der Waals surface area contributed by atoms with Gasteiger partial charge in [-0.2, -0.15) is 0 Å². The monoisotopic (exact) mass is 195 g/mol. The molecule has 4 heteroatoms. The van der Waals surface area contributed by atoms with Crippen LogP contribution in [0.25, 0.3) is 0 Å². The van der Waals surface area contributed by atoms with Crippen LogP contribution in [-0.2, 0) is 6.54 Å². The van der Waals surface area contributed by atoms with E-state index in [1.54, 1.807) is 0 Å². The van der Waals surface area contributed by atoms with Gasteiger partial charge in [0.25, 0.3) is 0 Å². The third kappa shape index (κ3) is 1.80. The van der Waals surface area contributed by atoms with Crippen LogP contribution in [0.1, 0.15) is 44.2 Å². The maximum atomic E-state index is 9.47. The first-order valence-electron chi connectivity index (χ1n) is 5.37. The number of aryl methyl sites for hydroxylation is 1. The zero-order chi connectivity index (χ0) is 9.97. The highest BCUT2D eigenvalue weighted by Crippen LogP contribution is 2.33. The highest BCUT2D eigenvalue weighted by atomic mass is 16.3. The fourth-order valence-corrected chi connectivity index (χ4v) is 2.19. The molecule has 4 nitrogen and oxygen atoms in total. The van der Waals surface area contributed by atoms with Crippen LogP contribution < -0.4 is 0 Å². The zero-order valence-electron chi connectivity index (χ0n) is 8.56. The molecular weight excluding hydrogens is 178 g/mol. The minimum Gasteiger partial charge on any atom is -0.393 e. The summed E-state index contributed by atoms with van der Waals surface area (Å²) in [5.41, 5.74) is 1.20. The van der Waals surface area contributed by atoms with Gasteiger partial charge in [0.2, 0.25) is 0 Å². The van der Waals surface area contributed by atoms with Crippen LogP contribution in [0.2, 0.25) is 0 Å². The average molecular weight is 195 g/mol. The Morgan fingerprint density at radius 2 is 2.43 bits per heavy atom. The maximum Gasteiger partial charge on any atom is 0.0728 e. The first-order valence-corrected chi connectivity index (χ1v) is 5.37. The fourth-order valence-electron chi connectivity index (χ4n) is 2.19. The number of aliphatic hydroxyl groups is 1. The van der Waals surface area contributed by atoms with Crippen LogP contribution in [0.15, 0.2) is 6.20 Å². The van der Waals surface area contributed by atoms with Crippen LogP contribution in [0.3, 0.4) is 0 Å². The van der Waals surface area contributed by atoms with E-state index >= 15 is 0 Å². The molecule has 14 heavy (non-hydrogen) atoms. The highest BCUT2D eigenvalue weighted by molar-refractivity contribution is 5.06. The van der Waals surface area contributed by atoms with Crippen molar-refractivity contribution in [3.8, 4) is 0 Å². The number of hydrogen-bond donors (Lipinski definition) is 1. The van der Waals surface area contributed by atoms with Gasteiger partial charge in [-0.25, -0.2) is 4.68 Å². The minimum atomic E-state index is -0.120. The highest BCUT2D eigenvalue weighted by Gasteiger charge is 2.26. The van der Waals surface area contributed by atoms with E-state index in [0.717, 1.165) is 32.2 Å². The molecule has 2 unspecified atom stereocenters. The molecule has 1 aliphatic rings. The quantitative estimate of drug-likeness (QED) is 0.791. The standard InChI is InChI=1S/C10H17N3O/c1-2-5-13-10(7-11-12-13)8-3-4-9(14)6-8/h7-9,14H,2-6H2,1H3. The number of rotatable bonds is 3. The van der Waals surface area contributed by atoms with Crippen molar-refractivity contribution in [3.05, 3.63) is 11.9 Å². The molecule has 1 heterocycles. The van der Waals surface area contributed by atoms with Crippen LogP contribution in [-0.4, -0.2) is 26.2 Å². The van der Waals surface area contributed by atoms with Crippen molar-refractivity contribution in [2.75, 3.05) is 0 Å². The lowest BCUT2D eigenvalue weighted by Crippen LogP contribution is -2.08. The molecule has 1 aliphatic carbocycles. The molecule has 2 atom stereocenters. The molecule has 0 bridgehead atoms. The third-order valence-corrected chi connectivity index (χ3v) is 2.91. The van der Waals surface area contributed by atoms with E-state index in [4.69, 9.17) is 0 Å². The lowest BCUT2D eigenvalue weighted by molar-refractivity contribution is 0.181. The summed E-state index contributed by atoms with van der Waals surface area (Å²) in [6.45, 7) is 3.07. The molecule has 0 spiro atoms. The lowest BCUT2D eigenvalue weighted by Gasteiger charge is -2.10. The van der Waals surface area contributed by atoms with Crippen LogP contribution in [0, 0.1) is 0 Å². The van der Waals surface area contributed by atoms with Gasteiger partial charge in [0.1, 0.15) is 0 Å². The summed E-state index contributed by atoms with van der Waals surface area (Å²) in [5, 5.41) is 17.5. The first-order chi connectivity index (χ1) is 6.81. The van der Waals surface area contributed by atoms with Gasteiger partial charge in [-0.1, -0.05) is 12.1 Å². The Morgan fingerprint density at radius 3 is 3.07 bits per heavy atom. The number of hydrogen-bond acceptors (Lipinski definition) is 3. The van der Waals surface area contributed by atoms with Gasteiger partial charge in [0.15, 0.2) is 0 Å². The normalized spacial score (nSPS) is 27.0. The summed E-state index contributed by atoms with van der Waals surface area (Å²) < 4.78 is 1.97. The first kappa shape index (κ1) is 9.65. The van der Waals surface area contributed by atoms with Crippen molar-refractivity contribution >= 4 is 0 Å². The van der Waals surface area contributed by atoms with Gasteiger partial charge < -0.3 is 5.11 Å². The molecule has 0 aliphatic heterocycles. The summed E-state index contributed by atoms with van der Waals surface area (Å²) in [6.07, 6.45) is 5.66. The Bertz CT molecular complexity index is 297. The van der Waals surface area contributed by atoms with E-state index in [9.17, 15) is 5.11 Å². The van der Waals surface area contributed by atoms with E-state index in [1.807, 2.05) is 10.9 Å². The zero-order valence-corrected chi connectivity index (χ0v) is 8.56. The van der Waals surface area contributed by atoms with E-state index in [-0.39, 0.29) is 6.10 Å². The minimum absolute atomic E-state index is 0.120. The van der Waals surface area contributed by atoms with Crippen LogP contribution >= 0.6 is 0 Å². The number of aromatic nitrogens is 3. The molecule has 1 fully saturated rings. The van der Waals surface area contributed by atoms with Gasteiger partial charge in [-0.15, -0.1) is 5.10 Å². The van der Waals surface area contributed by atoms with Gasteiger partial charge in [-0.05, 0) is 25.7 Å². The molecule has 1 saturated carbocycles. The molecule has 78 valence electrons. The Labute approximate surface area is 83.9 Å². The molecule has 0 aromatic carbocycles. The molecule has 0 amide bonds. The summed E-state index contributed by atoms with van der Waals surface area (Å²) >= 11 is 0. The van der Waals surface area contributed by atoms with Gasteiger partial charge >= 0.3 is 0 Å². The van der Waals surface area contributed by atoms with Crippen LogP contribution in [0.5, 0.6) is 0 Å². The third-order valence-electron chi connectivity index (χ3n) is 2.91. The van der Waals surface area contributed by atoms with Crippen molar-refractivity contribution in [3.63, 3.8) is 0 Å². The van der Waals surface area contributed by atoms with E-state index in [1.165, 1.54) is 5.69 Å². The van der Waals surface area contributed by atoms with Crippen molar-refractivity contribution in [2.24, 2.45) is 0 Å². The van der Waals surface area contributed by atoms with Crippen molar-refractivity contribution in [2.45, 2.75) is 51.2 Å². The summed E-state index contributed by atoms with van der Waals surface area (Å²) in [4.78, 5) is 0. The largest absolute Gasteiger partial charge is 0.393 e. The Hall–Kier alpha value is -0.900. The smallest absolute Gasteiger partial charge is 0.0728 e. The van der Waals surface area contributed by atoms with E-state index in [0.29, 0.717) is 5.92 Å². The summed E-state index contributed by atoms with van der Waals surface area (Å²) in [6, 6.07) is 0. The van der Waals surface area contributed by atoms with Crippen molar-refractivity contribution in [1.82, 2.24) is 15.0 Å². The second-order valence-corrected chi connectivity index (χ2v) is 4.05. The average Bonchev–Trinajstić information content (AvgIpc) is 2.74. The fraction of sp³-hybridized carbons (Fsp3) is 0.800. The Morgan fingerprint density at radius 1 is 1.57 bits per heavy atom. The molecule has 0 radical (unpaired) electrons.